The molecule has 1 aromatic heterocycles. The number of unbranched alkanes of at least 4 members (excludes halogenated alkanes) is 1. The number of nitrogens with one attached hydrogen (secondary N) is 3. The van der Waals surface area contributed by atoms with Gasteiger partial charge in [0.1, 0.15) is 23.2 Å². The second kappa shape index (κ2) is 29.7. The van der Waals surface area contributed by atoms with Crippen LogP contribution in [-0.2, 0) is 48.3 Å². The summed E-state index contributed by atoms with van der Waals surface area (Å²) in [6.45, 7) is 12.2. The van der Waals surface area contributed by atoms with Gasteiger partial charge in [-0.15, -0.1) is 11.3 Å². The zero-order chi connectivity index (χ0) is 62.0. The average molecular weight is 1240 g/mol. The monoisotopic (exact) mass is 1240 g/mol. The summed E-state index contributed by atoms with van der Waals surface area (Å²) in [5.74, 6) is -0.0439. The van der Waals surface area contributed by atoms with Crippen LogP contribution < -0.4 is 16.0 Å². The first-order valence-electron chi connectivity index (χ1n) is 32.6. The smallest absolute Gasteiger partial charge is 0.288 e. The molecule has 5 heterocycles. The number of thiophene rings is 1. The molecule has 0 bridgehead atoms. The average Bonchev–Trinajstić information content (AvgIpc) is 2.19. The van der Waals surface area contributed by atoms with Crippen LogP contribution in [0.3, 0.4) is 0 Å². The van der Waals surface area contributed by atoms with Crippen LogP contribution in [-0.4, -0.2) is 173 Å². The fraction of sp³-hybridized carbons (Fsp3) is 0.594. The van der Waals surface area contributed by atoms with E-state index in [-0.39, 0.29) is 62.0 Å². The SMILES string of the molecule is CN(C)CCCC[C@H](C(=O)N1CCN(C2=NC(C)(C)C(c3ccccc3)O2)C[C@H]1C(=O)NCc1cccc(Cl)c1)N(C)Cc1ccccc1C1OC(N2CCN(C(=O)[C@@H](CC3CCCCC3)NC3CCCCC3)[C@H](C(=O)NCc3cccs3)C2)=NC1(C)C. The third-order valence-corrected chi connectivity index (χ3v) is 20.1. The van der Waals surface area contributed by atoms with E-state index >= 15 is 9.59 Å². The maximum Gasteiger partial charge on any atom is 0.288 e. The minimum Gasteiger partial charge on any atom is -0.454 e. The Morgan fingerprint density at radius 1 is 0.682 bits per heavy atom. The number of nitrogens with zero attached hydrogens (tertiary/aromatic N) is 8. The molecule has 4 aliphatic heterocycles. The van der Waals surface area contributed by atoms with E-state index in [0.29, 0.717) is 68.2 Å². The van der Waals surface area contributed by atoms with Crippen molar-refractivity contribution in [3.8, 4) is 0 Å². The second-order valence-corrected chi connectivity index (χ2v) is 28.3. The number of hydrogen-bond acceptors (Lipinski definition) is 14. The Morgan fingerprint density at radius 3 is 1.94 bits per heavy atom. The molecule has 4 amide bonds. The summed E-state index contributed by atoms with van der Waals surface area (Å²) in [5.41, 5.74) is 2.53. The molecule has 4 fully saturated rings. The summed E-state index contributed by atoms with van der Waals surface area (Å²) in [5, 5.41) is 12.8. The third kappa shape index (κ3) is 16.3. The number of aliphatic imine (C=N–C) groups is 2. The van der Waals surface area contributed by atoms with E-state index in [9.17, 15) is 9.59 Å². The Labute approximate surface area is 532 Å². The van der Waals surface area contributed by atoms with Crippen molar-refractivity contribution in [2.75, 3.05) is 67.0 Å². The lowest BCUT2D eigenvalue weighted by Crippen LogP contribution is -2.64. The molecule has 17 nitrogen and oxygen atoms in total. The number of hydrogen-bond donors (Lipinski definition) is 3. The second-order valence-electron chi connectivity index (χ2n) is 26.9. The van der Waals surface area contributed by atoms with Gasteiger partial charge in [-0.2, -0.15) is 0 Å². The quantitative estimate of drug-likeness (QED) is 0.0641. The Hall–Kier alpha value is -6.05. The molecule has 2 saturated heterocycles. The molecule has 0 spiro atoms. The summed E-state index contributed by atoms with van der Waals surface area (Å²) in [6.07, 6.45) is 13.9. The first kappa shape index (κ1) is 64.9. The van der Waals surface area contributed by atoms with Crippen LogP contribution in [0.2, 0.25) is 5.02 Å². The summed E-state index contributed by atoms with van der Waals surface area (Å²) >= 11 is 7.99. The van der Waals surface area contributed by atoms with Gasteiger partial charge in [0.25, 0.3) is 12.0 Å². The fourth-order valence-corrected chi connectivity index (χ4v) is 15.0. The Balaban J connectivity index is 0.872. The first-order valence-corrected chi connectivity index (χ1v) is 33.9. The van der Waals surface area contributed by atoms with Gasteiger partial charge >= 0.3 is 0 Å². The molecule has 2 saturated carbocycles. The minimum atomic E-state index is -0.855. The zero-order valence-electron chi connectivity index (χ0n) is 53.1. The molecular weight excluding hydrogens is 1150 g/mol. The van der Waals surface area contributed by atoms with Gasteiger partial charge in [-0.1, -0.05) is 142 Å². The molecule has 3 aromatic carbocycles. The van der Waals surface area contributed by atoms with E-state index < -0.39 is 35.3 Å². The summed E-state index contributed by atoms with van der Waals surface area (Å²) in [6, 6.07) is 28.5. The molecule has 0 radical (unpaired) electrons. The highest BCUT2D eigenvalue weighted by molar-refractivity contribution is 7.09. The predicted octanol–water partition coefficient (Wildman–Crippen LogP) is 9.97. The van der Waals surface area contributed by atoms with Crippen molar-refractivity contribution >= 4 is 58.6 Å². The zero-order valence-corrected chi connectivity index (χ0v) is 54.7. The van der Waals surface area contributed by atoms with Gasteiger partial charge in [0.2, 0.25) is 23.6 Å². The number of piperazine rings is 2. The van der Waals surface area contributed by atoms with Crippen molar-refractivity contribution in [1.82, 2.24) is 45.3 Å². The highest BCUT2D eigenvalue weighted by atomic mass is 35.5. The maximum atomic E-state index is 15.7. The van der Waals surface area contributed by atoms with Crippen LogP contribution >= 0.6 is 22.9 Å². The van der Waals surface area contributed by atoms with Gasteiger partial charge in [-0.05, 0) is 139 Å². The molecule has 19 heteroatoms. The number of amidine groups is 2. The first-order chi connectivity index (χ1) is 42.4. The van der Waals surface area contributed by atoms with Crippen LogP contribution in [0.25, 0.3) is 0 Å². The number of ether oxygens (including phenoxy) is 2. The van der Waals surface area contributed by atoms with Crippen molar-refractivity contribution < 1.29 is 28.7 Å². The normalized spacial score (nSPS) is 23.1. The molecule has 2 aliphatic carbocycles. The Bertz CT molecular complexity index is 3020. The van der Waals surface area contributed by atoms with E-state index in [0.717, 1.165) is 78.6 Å². The van der Waals surface area contributed by atoms with E-state index in [4.69, 9.17) is 31.1 Å². The molecular formula is C69H96ClN11O6S. The fourth-order valence-electron chi connectivity index (χ4n) is 14.1. The molecule has 2 unspecified atom stereocenters. The topological polar surface area (TPSA) is 167 Å². The van der Waals surface area contributed by atoms with Gasteiger partial charge in [0, 0.05) is 55.2 Å². The van der Waals surface area contributed by atoms with E-state index in [1.54, 1.807) is 16.2 Å². The van der Waals surface area contributed by atoms with Gasteiger partial charge < -0.3 is 49.9 Å². The lowest BCUT2D eigenvalue weighted by Gasteiger charge is -2.43. The van der Waals surface area contributed by atoms with Crippen molar-refractivity contribution in [2.45, 2.75) is 191 Å². The molecule has 4 aromatic rings. The van der Waals surface area contributed by atoms with Crippen LogP contribution in [0.4, 0.5) is 0 Å². The van der Waals surface area contributed by atoms with Crippen LogP contribution in [0.5, 0.6) is 0 Å². The third-order valence-electron chi connectivity index (χ3n) is 19.0. The van der Waals surface area contributed by atoms with Crippen molar-refractivity contribution in [3.63, 3.8) is 0 Å². The van der Waals surface area contributed by atoms with Crippen molar-refractivity contribution in [3.05, 3.63) is 129 Å². The molecule has 6 atom stereocenters. The van der Waals surface area contributed by atoms with Gasteiger partial charge in [0.05, 0.1) is 31.7 Å². The summed E-state index contributed by atoms with van der Waals surface area (Å²) in [4.78, 5) is 83.8. The number of carbonyl (C=O) groups excluding carboxylic acids is 4. The Kier molecular flexibility index (Phi) is 21.9. The van der Waals surface area contributed by atoms with E-state index in [2.05, 4.69) is 96.7 Å². The molecule has 88 heavy (non-hydrogen) atoms. The van der Waals surface area contributed by atoms with Crippen molar-refractivity contribution in [2.24, 2.45) is 15.9 Å². The van der Waals surface area contributed by atoms with Crippen LogP contribution in [0.1, 0.15) is 157 Å². The predicted molar refractivity (Wildman–Crippen MR) is 350 cm³/mol. The lowest BCUT2D eigenvalue weighted by molar-refractivity contribution is -0.147. The van der Waals surface area contributed by atoms with Crippen LogP contribution in [0, 0.1) is 5.92 Å². The molecule has 3 N–H and O–H groups in total. The lowest BCUT2D eigenvalue weighted by atomic mass is 9.83. The number of benzene rings is 3. The highest BCUT2D eigenvalue weighted by Crippen LogP contribution is 2.42. The molecule has 476 valence electrons. The largest absolute Gasteiger partial charge is 0.454 e. The highest BCUT2D eigenvalue weighted by Gasteiger charge is 2.48. The van der Waals surface area contributed by atoms with Crippen LogP contribution in [0.15, 0.2) is 106 Å². The van der Waals surface area contributed by atoms with Gasteiger partial charge in [-0.3, -0.25) is 24.1 Å². The summed E-state index contributed by atoms with van der Waals surface area (Å²) < 4.78 is 13.7. The number of halogens is 1. The van der Waals surface area contributed by atoms with Crippen molar-refractivity contribution in [1.29, 1.82) is 0 Å². The van der Waals surface area contributed by atoms with Gasteiger partial charge in [-0.25, -0.2) is 9.98 Å². The minimum absolute atomic E-state index is 0.0249. The maximum absolute atomic E-state index is 15.7. The standard InChI is InChI=1S/C69H96ClN11O6S/c1-68(2)60(50-26-13-9-14-27-50)86-66(74-68)78-37-39-81(59(47-78)62(82)71-43-49-25-21-29-52(70)41-49)65(85)57(34-19-20-35-76(5)6)77(7)45-51-28-17-18-33-55(51)61-69(3,4)75-67(87-61)79-36-38-80(58(46-79)63(83)72-44-54-32-22-40-88-54)64(84)56(42-48-23-11-8-12-24-48)73-53-30-15-10-16-31-53/h9,13-14,17-18,21-22,25-29,32-33,40-41,48,53,56-61,73H,8,10-12,15-16,19-20,23-24,30-31,34-39,42-47H2,1-7H3,(H,71,82)(H,72,83)/t56-,57-,58+,59+,60?,61?/m1/s1. The molecule has 6 aliphatic rings. The Morgan fingerprint density at radius 2 is 1.30 bits per heavy atom. The number of amides is 4. The number of rotatable bonds is 22. The number of likely N-dealkylation sites (N-methyl/N-ethyl adjacent to an activating group) is 1. The van der Waals surface area contributed by atoms with Gasteiger partial charge in [0.15, 0.2) is 12.2 Å². The van der Waals surface area contributed by atoms with E-state index in [1.165, 1.54) is 38.5 Å². The molecule has 10 rings (SSSR count). The van der Waals surface area contributed by atoms with E-state index in [1.807, 2.05) is 89.0 Å². The number of carbonyl (C=O) groups is 4. The summed E-state index contributed by atoms with van der Waals surface area (Å²) in [7, 11) is 6.14.